The van der Waals surface area contributed by atoms with E-state index in [0.717, 1.165) is 60.3 Å². The lowest BCUT2D eigenvalue weighted by atomic mass is 9.97. The first-order valence-electron chi connectivity index (χ1n) is 15.4. The summed E-state index contributed by atoms with van der Waals surface area (Å²) >= 11 is 0. The Labute approximate surface area is 250 Å². The molecule has 6 heterocycles. The van der Waals surface area contributed by atoms with Crippen LogP contribution in [0.3, 0.4) is 0 Å². The zero-order valence-electron chi connectivity index (χ0n) is 25.2. The summed E-state index contributed by atoms with van der Waals surface area (Å²) in [6, 6.07) is 9.99. The molecule has 226 valence electrons. The van der Waals surface area contributed by atoms with Gasteiger partial charge in [0.2, 0.25) is 0 Å². The summed E-state index contributed by atoms with van der Waals surface area (Å²) in [5.74, 6) is 1.66. The van der Waals surface area contributed by atoms with Crippen molar-refractivity contribution in [3.05, 3.63) is 41.6 Å². The van der Waals surface area contributed by atoms with Crippen molar-refractivity contribution >= 4 is 34.5 Å². The number of rotatable bonds is 7. The van der Waals surface area contributed by atoms with Gasteiger partial charge in [0.25, 0.3) is 5.91 Å². The van der Waals surface area contributed by atoms with E-state index in [1.165, 1.54) is 17.7 Å². The van der Waals surface area contributed by atoms with Gasteiger partial charge in [-0.15, -0.1) is 0 Å². The number of aromatic nitrogens is 4. The topological polar surface area (TPSA) is 120 Å². The van der Waals surface area contributed by atoms with Crippen LogP contribution in [-0.2, 0) is 11.3 Å². The van der Waals surface area contributed by atoms with Gasteiger partial charge in [0, 0.05) is 48.7 Å². The fraction of sp³-hybridized carbons (Fsp3) is 0.500. The maximum absolute atomic E-state index is 13.9. The Bertz CT molecular complexity index is 1740. The number of nitrogens with zero attached hydrogens (tertiary/aromatic N) is 6. The second kappa shape index (κ2) is 10.6. The van der Waals surface area contributed by atoms with E-state index in [0.29, 0.717) is 35.4 Å². The molecule has 0 aromatic carbocycles. The average Bonchev–Trinajstić information content (AvgIpc) is 3.55. The summed E-state index contributed by atoms with van der Waals surface area (Å²) in [7, 11) is 3.29. The number of methoxy groups -OCH3 is 1. The summed E-state index contributed by atoms with van der Waals surface area (Å²) < 4.78 is 15.2. The van der Waals surface area contributed by atoms with E-state index < -0.39 is 6.09 Å². The second-order valence-corrected chi connectivity index (χ2v) is 12.2. The third-order valence-corrected chi connectivity index (χ3v) is 9.48. The average molecular weight is 586 g/mol. The first kappa shape index (κ1) is 27.7. The van der Waals surface area contributed by atoms with Gasteiger partial charge in [-0.1, -0.05) is 0 Å². The van der Waals surface area contributed by atoms with E-state index in [1.54, 1.807) is 21.1 Å². The molecule has 0 radical (unpaired) electrons. The largest absolute Gasteiger partial charge is 0.482 e. The molecular weight excluding hydrogens is 546 g/mol. The molecule has 11 nitrogen and oxygen atoms in total. The number of hydrogen-bond donors (Lipinski definition) is 1. The van der Waals surface area contributed by atoms with Crippen molar-refractivity contribution in [3.8, 4) is 17.3 Å². The number of anilines is 1. The van der Waals surface area contributed by atoms with Gasteiger partial charge in [0.1, 0.15) is 22.8 Å². The highest BCUT2D eigenvalue weighted by Crippen LogP contribution is 2.39. The molecule has 3 fully saturated rings. The molecule has 2 saturated heterocycles. The Kier molecular flexibility index (Phi) is 6.80. The lowest BCUT2D eigenvalue weighted by Gasteiger charge is -2.38. The van der Waals surface area contributed by atoms with Gasteiger partial charge in [-0.3, -0.25) is 14.1 Å². The Balaban J connectivity index is 1.32. The van der Waals surface area contributed by atoms with Crippen LogP contribution < -0.4 is 15.4 Å². The molecule has 4 aromatic rings. The monoisotopic (exact) mass is 585 g/mol. The van der Waals surface area contributed by atoms with Crippen molar-refractivity contribution < 1.29 is 19.1 Å². The molecule has 2 aliphatic heterocycles. The minimum Gasteiger partial charge on any atom is -0.482 e. The van der Waals surface area contributed by atoms with Gasteiger partial charge in [-0.25, -0.2) is 14.8 Å². The molecular formula is C32H39N7O4. The number of piperidine rings is 1. The summed E-state index contributed by atoms with van der Waals surface area (Å²) in [4.78, 5) is 39.7. The second-order valence-electron chi connectivity index (χ2n) is 12.2. The Morgan fingerprint density at radius 1 is 1.07 bits per heavy atom. The van der Waals surface area contributed by atoms with Gasteiger partial charge >= 0.3 is 6.09 Å². The standard InChI is InChI=1S/C32H39N7O4/c1-5-43-32(41)36(3)26-13-8-20-14-25(37(30(20)35-26)17-19-6-7-19)29-18(2)38-27(34-29)15-21(16-28(38)42-4)31(40)39-22-9-11-23(33)24(39)12-10-22/h8,13-16,19,22-24H,5-7,9-12,17,33H2,1-4H3/t22-,23+,24-/m1/s1. The zero-order valence-corrected chi connectivity index (χ0v) is 25.2. The van der Waals surface area contributed by atoms with Crippen LogP contribution in [0.1, 0.15) is 61.5 Å². The fourth-order valence-corrected chi connectivity index (χ4v) is 7.01. The number of carbonyl (C=O) groups excluding carboxylic acids is 2. The van der Waals surface area contributed by atoms with E-state index in [-0.39, 0.29) is 24.0 Å². The van der Waals surface area contributed by atoms with Crippen LogP contribution in [0.15, 0.2) is 30.3 Å². The van der Waals surface area contributed by atoms with Crippen LogP contribution in [0.25, 0.3) is 28.1 Å². The van der Waals surface area contributed by atoms with E-state index in [2.05, 4.69) is 10.6 Å². The molecule has 4 aromatic heterocycles. The predicted molar refractivity (Wildman–Crippen MR) is 164 cm³/mol. The smallest absolute Gasteiger partial charge is 0.415 e. The molecule has 2 N–H and O–H groups in total. The highest BCUT2D eigenvalue weighted by Gasteiger charge is 2.44. The summed E-state index contributed by atoms with van der Waals surface area (Å²) in [6.07, 6.45) is 5.79. The quantitative estimate of drug-likeness (QED) is 0.332. The van der Waals surface area contributed by atoms with Gasteiger partial charge in [-0.05, 0) is 82.6 Å². The van der Waals surface area contributed by atoms with Crippen molar-refractivity contribution in [2.75, 3.05) is 25.7 Å². The van der Waals surface area contributed by atoms with Crippen LogP contribution in [0.2, 0.25) is 0 Å². The fourth-order valence-electron chi connectivity index (χ4n) is 7.01. The highest BCUT2D eigenvalue weighted by molar-refractivity contribution is 5.96. The SMILES string of the molecule is CCOC(=O)N(C)c1ccc2cc(-c3nc4cc(C(=O)N5[C@H]6CC[C@@H]5[C@@H](N)CC6)cc(OC)n4c3C)n(CC3CC3)c2n1. The minimum atomic E-state index is -0.442. The van der Waals surface area contributed by atoms with E-state index >= 15 is 0 Å². The maximum atomic E-state index is 13.9. The van der Waals surface area contributed by atoms with Gasteiger partial charge in [-0.2, -0.15) is 0 Å². The van der Waals surface area contributed by atoms with E-state index in [4.69, 9.17) is 25.2 Å². The normalized spacial score (nSPS) is 21.5. The van der Waals surface area contributed by atoms with Gasteiger partial charge < -0.3 is 24.7 Å². The third-order valence-electron chi connectivity index (χ3n) is 9.48. The molecule has 3 atom stereocenters. The van der Waals surface area contributed by atoms with Crippen LogP contribution in [0.5, 0.6) is 5.88 Å². The van der Waals surface area contributed by atoms with Crippen LogP contribution in [0, 0.1) is 12.8 Å². The number of imidazole rings is 1. The maximum Gasteiger partial charge on any atom is 0.415 e. The molecule has 0 spiro atoms. The number of fused-ring (bicyclic) bond motifs is 4. The Morgan fingerprint density at radius 3 is 2.60 bits per heavy atom. The van der Waals surface area contributed by atoms with Gasteiger partial charge in [0.05, 0.1) is 25.1 Å². The number of carbonyl (C=O) groups is 2. The number of pyridine rings is 2. The molecule has 0 unspecified atom stereocenters. The van der Waals surface area contributed by atoms with Crippen molar-refractivity contribution in [1.29, 1.82) is 0 Å². The van der Waals surface area contributed by atoms with Crippen molar-refractivity contribution in [2.24, 2.45) is 11.7 Å². The lowest BCUT2D eigenvalue weighted by molar-refractivity contribution is 0.0562. The van der Waals surface area contributed by atoms with Crippen molar-refractivity contribution in [1.82, 2.24) is 23.8 Å². The number of nitrogens with two attached hydrogens (primary N) is 1. The molecule has 11 heteroatoms. The first-order valence-corrected chi connectivity index (χ1v) is 15.4. The molecule has 2 bridgehead atoms. The van der Waals surface area contributed by atoms with E-state index in [1.807, 2.05) is 40.5 Å². The molecule has 1 saturated carbocycles. The first-order chi connectivity index (χ1) is 20.8. The molecule has 43 heavy (non-hydrogen) atoms. The zero-order chi connectivity index (χ0) is 30.0. The Morgan fingerprint density at radius 2 is 1.86 bits per heavy atom. The number of ether oxygens (including phenoxy) is 2. The third kappa shape index (κ3) is 4.61. The van der Waals surface area contributed by atoms with Crippen LogP contribution in [0.4, 0.5) is 10.6 Å². The number of aryl methyl sites for hydroxylation is 1. The lowest BCUT2D eigenvalue weighted by Crippen LogP contribution is -2.53. The molecule has 1 aliphatic carbocycles. The number of amides is 2. The van der Waals surface area contributed by atoms with Crippen molar-refractivity contribution in [3.63, 3.8) is 0 Å². The van der Waals surface area contributed by atoms with Gasteiger partial charge in [0.15, 0.2) is 5.88 Å². The van der Waals surface area contributed by atoms with Crippen LogP contribution in [-0.4, -0.2) is 74.7 Å². The predicted octanol–water partition coefficient (Wildman–Crippen LogP) is 4.77. The molecule has 3 aliphatic rings. The minimum absolute atomic E-state index is 0.00375. The summed E-state index contributed by atoms with van der Waals surface area (Å²) in [5, 5.41) is 0.966. The number of hydrogen-bond acceptors (Lipinski definition) is 7. The summed E-state index contributed by atoms with van der Waals surface area (Å²) in [6.45, 7) is 4.91. The van der Waals surface area contributed by atoms with Crippen molar-refractivity contribution in [2.45, 2.75) is 77.0 Å². The molecule has 7 rings (SSSR count). The highest BCUT2D eigenvalue weighted by atomic mass is 16.6. The van der Waals surface area contributed by atoms with E-state index in [9.17, 15) is 9.59 Å². The van der Waals surface area contributed by atoms with Crippen LogP contribution >= 0.6 is 0 Å². The Hall–Kier alpha value is -4.12. The summed E-state index contributed by atoms with van der Waals surface area (Å²) in [5.41, 5.74) is 11.1. The molecule has 2 amide bonds.